The fraction of sp³-hybridized carbons (Fsp3) is 0.458. The monoisotopic (exact) mass is 413 g/mol. The summed E-state index contributed by atoms with van der Waals surface area (Å²) >= 11 is 0. The maximum Gasteiger partial charge on any atom is 0.277 e. The van der Waals surface area contributed by atoms with Crippen molar-refractivity contribution in [1.82, 2.24) is 5.06 Å². The number of rotatable bonds is 6. The van der Waals surface area contributed by atoms with Crippen molar-refractivity contribution in [2.45, 2.75) is 46.5 Å². The van der Waals surface area contributed by atoms with E-state index in [1.54, 1.807) is 7.05 Å². The quantitative estimate of drug-likeness (QED) is 0.655. The summed E-state index contributed by atoms with van der Waals surface area (Å²) in [5, 5.41) is 1.23. The maximum absolute atomic E-state index is 12.6. The summed E-state index contributed by atoms with van der Waals surface area (Å²) in [6.07, 6.45) is -0.0806. The summed E-state index contributed by atoms with van der Waals surface area (Å²) in [5.74, 6) is 0.0699. The van der Waals surface area contributed by atoms with Gasteiger partial charge < -0.3 is 14.2 Å². The molecule has 0 aliphatic carbocycles. The van der Waals surface area contributed by atoms with Gasteiger partial charge in [-0.2, -0.15) is 0 Å². The number of ether oxygens (including phenoxy) is 3. The Bertz CT molecular complexity index is 914. The first kappa shape index (κ1) is 22.3. The average Bonchev–Trinajstić information content (AvgIpc) is 3.04. The van der Waals surface area contributed by atoms with E-state index in [1.165, 1.54) is 12.2 Å². The van der Waals surface area contributed by atoms with E-state index < -0.39 is 5.79 Å². The molecule has 0 unspecified atom stereocenters. The minimum atomic E-state index is -0.555. The minimum absolute atomic E-state index is 0.0806. The van der Waals surface area contributed by atoms with Crippen molar-refractivity contribution in [2.24, 2.45) is 0 Å². The Kier molecular flexibility index (Phi) is 6.50. The van der Waals surface area contributed by atoms with Gasteiger partial charge >= 0.3 is 0 Å². The van der Waals surface area contributed by atoms with Crippen LogP contribution in [0.5, 0.6) is 5.75 Å². The van der Waals surface area contributed by atoms with Gasteiger partial charge in [0, 0.05) is 12.6 Å². The lowest BCUT2D eigenvalue weighted by atomic mass is 9.90. The number of nitrogens with zero attached hydrogens (tertiary/aromatic N) is 1. The predicted molar refractivity (Wildman–Crippen MR) is 116 cm³/mol. The van der Waals surface area contributed by atoms with Gasteiger partial charge in [0.25, 0.3) is 5.91 Å². The molecule has 1 aliphatic rings. The Morgan fingerprint density at radius 3 is 2.43 bits per heavy atom. The van der Waals surface area contributed by atoms with Crippen LogP contribution in [0, 0.1) is 20.8 Å². The lowest BCUT2D eigenvalue weighted by Crippen LogP contribution is -2.26. The number of hydroxylamine groups is 2. The number of carbonyl (C=O) groups excluding carboxylic acids is 1. The summed E-state index contributed by atoms with van der Waals surface area (Å²) < 4.78 is 17.4. The first-order valence-electron chi connectivity index (χ1n) is 10.1. The van der Waals surface area contributed by atoms with E-state index in [9.17, 15) is 4.79 Å². The van der Waals surface area contributed by atoms with Crippen LogP contribution >= 0.6 is 0 Å². The summed E-state index contributed by atoms with van der Waals surface area (Å²) in [6.45, 7) is 10.9. The second-order valence-corrected chi connectivity index (χ2v) is 8.16. The van der Waals surface area contributed by atoms with Crippen LogP contribution in [0.15, 0.2) is 30.3 Å². The number of carbonyl (C=O) groups is 1. The van der Waals surface area contributed by atoms with Crippen LogP contribution in [-0.2, 0) is 14.3 Å². The van der Waals surface area contributed by atoms with Crippen molar-refractivity contribution in [3.05, 3.63) is 52.6 Å². The zero-order valence-corrected chi connectivity index (χ0v) is 18.9. The van der Waals surface area contributed by atoms with E-state index in [0.29, 0.717) is 18.8 Å². The Labute approximate surface area is 178 Å². The molecule has 0 spiro atoms. The molecule has 2 aromatic carbocycles. The first-order valence-corrected chi connectivity index (χ1v) is 10.1. The van der Waals surface area contributed by atoms with E-state index in [1.807, 2.05) is 51.1 Å². The molecule has 162 valence electrons. The molecule has 0 N–H and O–H groups in total. The van der Waals surface area contributed by atoms with Gasteiger partial charge in [-0.1, -0.05) is 12.1 Å². The van der Waals surface area contributed by atoms with Crippen LogP contribution in [0.3, 0.4) is 0 Å². The van der Waals surface area contributed by atoms with E-state index in [0.717, 1.165) is 33.6 Å². The van der Waals surface area contributed by atoms with Crippen LogP contribution in [-0.4, -0.2) is 50.2 Å². The van der Waals surface area contributed by atoms with E-state index >= 15 is 0 Å². The van der Waals surface area contributed by atoms with Crippen molar-refractivity contribution in [3.63, 3.8) is 0 Å². The van der Waals surface area contributed by atoms with E-state index in [4.69, 9.17) is 19.0 Å². The number of hydrogen-bond donors (Lipinski definition) is 0. The zero-order valence-electron chi connectivity index (χ0n) is 18.9. The summed E-state index contributed by atoms with van der Waals surface area (Å²) in [6, 6.07) is 9.82. The molecule has 1 heterocycles. The Hall–Kier alpha value is -2.41. The lowest BCUT2D eigenvalue weighted by Gasteiger charge is -2.20. The minimum Gasteiger partial charge on any atom is -0.491 e. The molecule has 1 saturated heterocycles. The van der Waals surface area contributed by atoms with Crippen LogP contribution in [0.4, 0.5) is 0 Å². The van der Waals surface area contributed by atoms with Crippen LogP contribution in [0.2, 0.25) is 0 Å². The third-order valence-electron chi connectivity index (χ3n) is 5.40. The molecular weight excluding hydrogens is 382 g/mol. The third kappa shape index (κ3) is 4.67. The fourth-order valence-electron chi connectivity index (χ4n) is 3.86. The molecular formula is C24H31NO5. The van der Waals surface area contributed by atoms with Gasteiger partial charge in [-0.25, -0.2) is 5.06 Å². The Balaban J connectivity index is 1.85. The highest BCUT2D eigenvalue weighted by atomic mass is 16.7. The second kappa shape index (κ2) is 8.76. The van der Waals surface area contributed by atoms with Crippen LogP contribution in [0.25, 0.3) is 11.1 Å². The number of hydrogen-bond acceptors (Lipinski definition) is 5. The van der Waals surface area contributed by atoms with Gasteiger partial charge in [0.2, 0.25) is 0 Å². The zero-order chi connectivity index (χ0) is 22.1. The van der Waals surface area contributed by atoms with Gasteiger partial charge in [-0.05, 0) is 80.6 Å². The smallest absolute Gasteiger partial charge is 0.277 e. The average molecular weight is 414 g/mol. The van der Waals surface area contributed by atoms with Crippen LogP contribution < -0.4 is 4.74 Å². The SMILES string of the molecule is CON(C)C(=O)c1cccc(-c2c(C)cc(OC[C@H]3COC(C)(C)O3)cc2C)c1C. The van der Waals surface area contributed by atoms with Crippen molar-refractivity contribution >= 4 is 5.91 Å². The number of benzene rings is 2. The normalized spacial score (nSPS) is 17.8. The van der Waals surface area contributed by atoms with Gasteiger partial charge in [0.15, 0.2) is 5.79 Å². The third-order valence-corrected chi connectivity index (χ3v) is 5.40. The number of aryl methyl sites for hydroxylation is 2. The van der Waals surface area contributed by atoms with Crippen LogP contribution in [0.1, 0.15) is 40.9 Å². The van der Waals surface area contributed by atoms with E-state index in [2.05, 4.69) is 13.8 Å². The van der Waals surface area contributed by atoms with Gasteiger partial charge in [-0.3, -0.25) is 9.63 Å². The Morgan fingerprint density at radius 2 is 1.87 bits per heavy atom. The van der Waals surface area contributed by atoms with Gasteiger partial charge in [-0.15, -0.1) is 0 Å². The van der Waals surface area contributed by atoms with Crippen molar-refractivity contribution < 1.29 is 23.8 Å². The van der Waals surface area contributed by atoms with Crippen molar-refractivity contribution in [3.8, 4) is 16.9 Å². The molecule has 1 aliphatic heterocycles. The predicted octanol–water partition coefficient (Wildman–Crippen LogP) is 4.44. The maximum atomic E-state index is 12.6. The van der Waals surface area contributed by atoms with Crippen molar-refractivity contribution in [2.75, 3.05) is 27.4 Å². The standard InChI is InChI=1S/C24H31NO5/c1-15-11-18(28-13-19-14-29-24(4,5)30-19)12-16(2)22(15)20-9-8-10-21(17(20)3)23(26)25(6)27-7/h8-12,19H,13-14H2,1-7H3/t19-/m0/s1. The molecule has 0 bridgehead atoms. The molecule has 1 amide bonds. The first-order chi connectivity index (χ1) is 14.1. The number of amides is 1. The molecule has 6 heteroatoms. The molecule has 0 radical (unpaired) electrons. The molecule has 6 nitrogen and oxygen atoms in total. The molecule has 1 atom stereocenters. The molecule has 2 aromatic rings. The highest BCUT2D eigenvalue weighted by Crippen LogP contribution is 2.34. The Morgan fingerprint density at radius 1 is 1.20 bits per heavy atom. The molecule has 0 aromatic heterocycles. The molecule has 3 rings (SSSR count). The summed E-state index contributed by atoms with van der Waals surface area (Å²) in [7, 11) is 3.09. The largest absolute Gasteiger partial charge is 0.491 e. The lowest BCUT2D eigenvalue weighted by molar-refractivity contribution is -0.141. The van der Waals surface area contributed by atoms with Crippen molar-refractivity contribution in [1.29, 1.82) is 0 Å². The molecule has 1 fully saturated rings. The fourth-order valence-corrected chi connectivity index (χ4v) is 3.86. The molecule has 30 heavy (non-hydrogen) atoms. The van der Waals surface area contributed by atoms with E-state index in [-0.39, 0.29) is 12.0 Å². The summed E-state index contributed by atoms with van der Waals surface area (Å²) in [4.78, 5) is 17.7. The molecule has 0 saturated carbocycles. The summed E-state index contributed by atoms with van der Waals surface area (Å²) in [5.41, 5.74) is 5.85. The second-order valence-electron chi connectivity index (χ2n) is 8.16. The highest BCUT2D eigenvalue weighted by Gasteiger charge is 2.33. The van der Waals surface area contributed by atoms with Gasteiger partial charge in [0.1, 0.15) is 18.5 Å². The van der Waals surface area contributed by atoms with Gasteiger partial charge in [0.05, 0.1) is 13.7 Å². The highest BCUT2D eigenvalue weighted by molar-refractivity contribution is 5.97. The topological polar surface area (TPSA) is 57.2 Å².